The number of ether oxygens (including phenoxy) is 2. The largest absolute Gasteiger partial charge is 0.449 e. The molecule has 124 valence electrons. The van der Waals surface area contributed by atoms with Crippen molar-refractivity contribution in [1.82, 2.24) is 24.8 Å². The van der Waals surface area contributed by atoms with Gasteiger partial charge in [-0.15, -0.1) is 0 Å². The molecule has 0 bridgehead atoms. The van der Waals surface area contributed by atoms with E-state index in [9.17, 15) is 9.90 Å². The Hall–Kier alpha value is -2.46. The molecule has 1 aliphatic heterocycles. The van der Waals surface area contributed by atoms with Crippen molar-refractivity contribution in [2.24, 2.45) is 5.92 Å². The number of anilines is 1. The SMILES string of the molecule is CCNC(=O)OC[C@@H]1CO[C@@H](n2cnc3c(N)ncnc32)[C@@H]1O. The van der Waals surface area contributed by atoms with E-state index in [0.29, 0.717) is 17.7 Å². The van der Waals surface area contributed by atoms with Crippen LogP contribution < -0.4 is 11.1 Å². The summed E-state index contributed by atoms with van der Waals surface area (Å²) in [4.78, 5) is 23.5. The van der Waals surface area contributed by atoms with Crippen molar-refractivity contribution in [3.63, 3.8) is 0 Å². The van der Waals surface area contributed by atoms with Crippen LogP contribution in [0.15, 0.2) is 12.7 Å². The van der Waals surface area contributed by atoms with E-state index in [-0.39, 0.29) is 24.9 Å². The number of fused-ring (bicyclic) bond motifs is 1. The number of imidazole rings is 1. The van der Waals surface area contributed by atoms with Crippen LogP contribution in [0.2, 0.25) is 0 Å². The molecular formula is C13H18N6O4. The molecule has 0 unspecified atom stereocenters. The van der Waals surface area contributed by atoms with Crippen LogP contribution in [0, 0.1) is 5.92 Å². The summed E-state index contributed by atoms with van der Waals surface area (Å²) in [7, 11) is 0. The number of aromatic nitrogens is 4. The third kappa shape index (κ3) is 2.90. The van der Waals surface area contributed by atoms with Crippen LogP contribution in [-0.2, 0) is 9.47 Å². The molecular weight excluding hydrogens is 304 g/mol. The van der Waals surface area contributed by atoms with Crippen molar-refractivity contribution in [3.8, 4) is 0 Å². The second-order valence-corrected chi connectivity index (χ2v) is 5.19. The van der Waals surface area contributed by atoms with Gasteiger partial charge in [0.25, 0.3) is 0 Å². The molecule has 3 heterocycles. The number of amides is 1. The molecule has 0 saturated carbocycles. The van der Waals surface area contributed by atoms with E-state index in [1.165, 1.54) is 12.7 Å². The Bertz CT molecular complexity index is 705. The lowest BCUT2D eigenvalue weighted by Crippen LogP contribution is -2.31. The molecule has 0 radical (unpaired) electrons. The summed E-state index contributed by atoms with van der Waals surface area (Å²) in [6.07, 6.45) is 0.774. The fourth-order valence-corrected chi connectivity index (χ4v) is 2.48. The third-order valence-corrected chi connectivity index (χ3v) is 3.67. The highest BCUT2D eigenvalue weighted by Gasteiger charge is 2.38. The number of rotatable bonds is 4. The number of hydrogen-bond acceptors (Lipinski definition) is 8. The number of carbonyl (C=O) groups excluding carboxylic acids is 1. The average molecular weight is 322 g/mol. The first-order valence-electron chi connectivity index (χ1n) is 7.25. The first-order chi connectivity index (χ1) is 11.1. The number of aliphatic hydroxyl groups excluding tert-OH is 1. The summed E-state index contributed by atoms with van der Waals surface area (Å²) in [5.74, 6) is -0.0726. The van der Waals surface area contributed by atoms with Crippen molar-refractivity contribution in [2.45, 2.75) is 19.3 Å². The van der Waals surface area contributed by atoms with Gasteiger partial charge in [-0.05, 0) is 6.92 Å². The fraction of sp³-hybridized carbons (Fsp3) is 0.538. The van der Waals surface area contributed by atoms with E-state index in [4.69, 9.17) is 15.2 Å². The minimum atomic E-state index is -0.863. The van der Waals surface area contributed by atoms with Gasteiger partial charge in [0.1, 0.15) is 24.6 Å². The van der Waals surface area contributed by atoms with Gasteiger partial charge in [0, 0.05) is 12.5 Å². The second-order valence-electron chi connectivity index (χ2n) is 5.19. The van der Waals surface area contributed by atoms with Crippen LogP contribution >= 0.6 is 0 Å². The Morgan fingerprint density at radius 2 is 2.39 bits per heavy atom. The van der Waals surface area contributed by atoms with Crippen molar-refractivity contribution < 1.29 is 19.4 Å². The Labute approximate surface area is 131 Å². The summed E-state index contributed by atoms with van der Waals surface area (Å²) in [5.41, 5.74) is 6.67. The zero-order chi connectivity index (χ0) is 16.4. The van der Waals surface area contributed by atoms with E-state index in [1.807, 2.05) is 0 Å². The fourth-order valence-electron chi connectivity index (χ4n) is 2.48. The number of nitrogen functional groups attached to an aromatic ring is 1. The van der Waals surface area contributed by atoms with Crippen LogP contribution in [0.5, 0.6) is 0 Å². The summed E-state index contributed by atoms with van der Waals surface area (Å²) >= 11 is 0. The predicted molar refractivity (Wildman–Crippen MR) is 79.2 cm³/mol. The molecule has 10 nitrogen and oxygen atoms in total. The van der Waals surface area contributed by atoms with Gasteiger partial charge in [0.15, 0.2) is 17.7 Å². The van der Waals surface area contributed by atoms with Gasteiger partial charge in [-0.2, -0.15) is 0 Å². The third-order valence-electron chi connectivity index (χ3n) is 3.67. The minimum absolute atomic E-state index is 0.0628. The summed E-state index contributed by atoms with van der Waals surface area (Å²) in [5, 5.41) is 13.0. The number of alkyl carbamates (subject to hydrolysis) is 1. The van der Waals surface area contributed by atoms with Crippen molar-refractivity contribution in [3.05, 3.63) is 12.7 Å². The highest BCUT2D eigenvalue weighted by Crippen LogP contribution is 2.31. The van der Waals surface area contributed by atoms with Crippen LogP contribution in [0.3, 0.4) is 0 Å². The molecule has 2 aromatic heterocycles. The normalized spacial score (nSPS) is 24.0. The van der Waals surface area contributed by atoms with E-state index in [0.717, 1.165) is 0 Å². The maximum absolute atomic E-state index is 11.3. The topological polar surface area (TPSA) is 137 Å². The Kier molecular flexibility index (Phi) is 4.26. The Morgan fingerprint density at radius 3 is 3.17 bits per heavy atom. The quantitative estimate of drug-likeness (QED) is 0.695. The molecule has 0 spiro atoms. The summed E-state index contributed by atoms with van der Waals surface area (Å²) in [6.45, 7) is 2.59. The van der Waals surface area contributed by atoms with Crippen molar-refractivity contribution >= 4 is 23.1 Å². The van der Waals surface area contributed by atoms with Gasteiger partial charge in [-0.1, -0.05) is 0 Å². The highest BCUT2D eigenvalue weighted by molar-refractivity contribution is 5.81. The van der Waals surface area contributed by atoms with Gasteiger partial charge in [-0.3, -0.25) is 4.57 Å². The molecule has 0 aromatic carbocycles. The molecule has 1 fully saturated rings. The number of nitrogens with zero attached hydrogens (tertiary/aromatic N) is 4. The molecule has 1 saturated heterocycles. The Balaban J connectivity index is 1.72. The number of carbonyl (C=O) groups is 1. The minimum Gasteiger partial charge on any atom is -0.449 e. The zero-order valence-electron chi connectivity index (χ0n) is 12.5. The molecule has 1 amide bonds. The van der Waals surface area contributed by atoms with Crippen LogP contribution in [0.4, 0.5) is 10.6 Å². The van der Waals surface area contributed by atoms with E-state index in [2.05, 4.69) is 20.3 Å². The zero-order valence-corrected chi connectivity index (χ0v) is 12.5. The molecule has 0 aliphatic carbocycles. The standard InChI is InChI=1S/C13H18N6O4/c1-2-15-13(21)23-4-7-3-22-12(9(7)20)19-6-18-8-10(14)16-5-17-11(8)19/h5-7,9,12,20H,2-4H2,1H3,(H,15,21)(H2,14,16,17)/t7-,9+,12+/m0/s1. The lowest BCUT2D eigenvalue weighted by molar-refractivity contribution is -0.0112. The number of nitrogens with two attached hydrogens (primary N) is 1. The van der Waals surface area contributed by atoms with E-state index in [1.54, 1.807) is 11.5 Å². The van der Waals surface area contributed by atoms with E-state index >= 15 is 0 Å². The van der Waals surface area contributed by atoms with Gasteiger partial charge >= 0.3 is 6.09 Å². The maximum atomic E-state index is 11.3. The lowest BCUT2D eigenvalue weighted by Gasteiger charge is -2.18. The number of hydrogen-bond donors (Lipinski definition) is 3. The molecule has 2 aromatic rings. The molecule has 10 heteroatoms. The van der Waals surface area contributed by atoms with Crippen molar-refractivity contribution in [1.29, 1.82) is 0 Å². The smallest absolute Gasteiger partial charge is 0.407 e. The van der Waals surface area contributed by atoms with Crippen LogP contribution in [-0.4, -0.2) is 56.6 Å². The van der Waals surface area contributed by atoms with Gasteiger partial charge < -0.3 is 25.6 Å². The van der Waals surface area contributed by atoms with Gasteiger partial charge in [0.05, 0.1) is 12.9 Å². The van der Waals surface area contributed by atoms with Gasteiger partial charge in [0.2, 0.25) is 0 Å². The first-order valence-corrected chi connectivity index (χ1v) is 7.25. The summed E-state index contributed by atoms with van der Waals surface area (Å²) < 4.78 is 12.3. The molecule has 1 aliphatic rings. The second kappa shape index (κ2) is 6.34. The predicted octanol–water partition coefficient (Wildman–Crippen LogP) is -0.339. The number of nitrogens with one attached hydrogen (secondary N) is 1. The average Bonchev–Trinajstić information content (AvgIpc) is 3.10. The Morgan fingerprint density at radius 1 is 1.57 bits per heavy atom. The number of aliphatic hydroxyl groups is 1. The van der Waals surface area contributed by atoms with Crippen LogP contribution in [0.1, 0.15) is 13.2 Å². The molecule has 3 rings (SSSR count). The first kappa shape index (κ1) is 15.4. The maximum Gasteiger partial charge on any atom is 0.407 e. The van der Waals surface area contributed by atoms with Crippen LogP contribution in [0.25, 0.3) is 11.2 Å². The van der Waals surface area contributed by atoms with Gasteiger partial charge in [-0.25, -0.2) is 19.7 Å². The van der Waals surface area contributed by atoms with E-state index < -0.39 is 18.4 Å². The lowest BCUT2D eigenvalue weighted by atomic mass is 10.1. The van der Waals surface area contributed by atoms with Crippen molar-refractivity contribution in [2.75, 3.05) is 25.5 Å². The highest BCUT2D eigenvalue weighted by atomic mass is 16.6. The monoisotopic (exact) mass is 322 g/mol. The molecule has 4 N–H and O–H groups in total. The molecule has 3 atom stereocenters. The summed E-state index contributed by atoms with van der Waals surface area (Å²) in [6, 6.07) is 0. The molecule has 23 heavy (non-hydrogen) atoms.